The van der Waals surface area contributed by atoms with Crippen LogP contribution >= 0.6 is 15.9 Å². The van der Waals surface area contributed by atoms with Crippen LogP contribution in [-0.4, -0.2) is 5.91 Å². The van der Waals surface area contributed by atoms with Crippen LogP contribution in [0.4, 0.5) is 0 Å². The average molecular weight is 254 g/mol. The molecule has 74 valence electrons. The Morgan fingerprint density at radius 3 is 2.93 bits per heavy atom. The maximum Gasteiger partial charge on any atom is 0.221 e. The van der Waals surface area contributed by atoms with Gasteiger partial charge in [0.25, 0.3) is 0 Å². The van der Waals surface area contributed by atoms with Crippen LogP contribution in [0.2, 0.25) is 0 Å². The zero-order chi connectivity index (χ0) is 10.1. The van der Waals surface area contributed by atoms with Crippen LogP contribution < -0.4 is 5.73 Å². The quantitative estimate of drug-likeness (QED) is 0.861. The van der Waals surface area contributed by atoms with E-state index in [0.717, 1.165) is 22.9 Å². The fraction of sp³-hybridized carbons (Fsp3) is 0.364. The topological polar surface area (TPSA) is 43.1 Å². The van der Waals surface area contributed by atoms with Crippen molar-refractivity contribution in [2.45, 2.75) is 25.7 Å². The highest BCUT2D eigenvalue weighted by molar-refractivity contribution is 9.10. The second-order valence-electron chi connectivity index (χ2n) is 3.66. The highest BCUT2D eigenvalue weighted by Gasteiger charge is 2.17. The van der Waals surface area contributed by atoms with Gasteiger partial charge in [-0.3, -0.25) is 4.79 Å². The van der Waals surface area contributed by atoms with Crippen molar-refractivity contribution in [3.05, 3.63) is 33.3 Å². The summed E-state index contributed by atoms with van der Waals surface area (Å²) in [5.74, 6) is -0.258. The van der Waals surface area contributed by atoms with Crippen molar-refractivity contribution in [3.63, 3.8) is 0 Å². The predicted octanol–water partition coefficient (Wildman–Crippen LogP) is 1.97. The van der Waals surface area contributed by atoms with Gasteiger partial charge in [-0.1, -0.05) is 22.0 Å². The van der Waals surface area contributed by atoms with Gasteiger partial charge < -0.3 is 5.73 Å². The van der Waals surface area contributed by atoms with Gasteiger partial charge >= 0.3 is 0 Å². The van der Waals surface area contributed by atoms with Gasteiger partial charge in [-0.05, 0) is 42.0 Å². The maximum atomic E-state index is 10.9. The SMILES string of the molecule is NC(=O)Cc1c(Br)ccc2c1CCC2. The minimum atomic E-state index is -0.258. The van der Waals surface area contributed by atoms with Gasteiger partial charge in [-0.2, -0.15) is 0 Å². The molecule has 0 aromatic heterocycles. The van der Waals surface area contributed by atoms with Crippen molar-refractivity contribution in [1.82, 2.24) is 0 Å². The monoisotopic (exact) mass is 253 g/mol. The Morgan fingerprint density at radius 1 is 1.43 bits per heavy atom. The van der Waals surface area contributed by atoms with Gasteiger partial charge in [0.05, 0.1) is 6.42 Å². The number of benzene rings is 1. The molecule has 0 spiro atoms. The first-order valence-electron chi connectivity index (χ1n) is 4.76. The highest BCUT2D eigenvalue weighted by Crippen LogP contribution is 2.30. The Hall–Kier alpha value is -0.830. The van der Waals surface area contributed by atoms with Gasteiger partial charge in [-0.15, -0.1) is 0 Å². The maximum absolute atomic E-state index is 10.9. The molecule has 0 unspecified atom stereocenters. The zero-order valence-corrected chi connectivity index (χ0v) is 9.43. The molecule has 2 nitrogen and oxygen atoms in total. The summed E-state index contributed by atoms with van der Waals surface area (Å²) in [4.78, 5) is 10.9. The number of fused-ring (bicyclic) bond motifs is 1. The molecule has 0 radical (unpaired) electrons. The number of carbonyl (C=O) groups is 1. The van der Waals surface area contributed by atoms with Gasteiger partial charge in [0.1, 0.15) is 0 Å². The van der Waals surface area contributed by atoms with E-state index >= 15 is 0 Å². The van der Waals surface area contributed by atoms with Crippen LogP contribution in [0.25, 0.3) is 0 Å². The molecule has 2 rings (SSSR count). The lowest BCUT2D eigenvalue weighted by atomic mass is 10.0. The normalized spacial score (nSPS) is 14.1. The van der Waals surface area contributed by atoms with E-state index in [-0.39, 0.29) is 5.91 Å². The molecular formula is C11H12BrNO. The van der Waals surface area contributed by atoms with Gasteiger partial charge in [0.2, 0.25) is 5.91 Å². The molecule has 0 bridgehead atoms. The number of nitrogens with two attached hydrogens (primary N) is 1. The highest BCUT2D eigenvalue weighted by atomic mass is 79.9. The molecular weight excluding hydrogens is 242 g/mol. The fourth-order valence-electron chi connectivity index (χ4n) is 2.08. The molecule has 1 aromatic carbocycles. The number of primary amides is 1. The standard InChI is InChI=1S/C11H12BrNO/c12-10-5-4-7-2-1-3-8(7)9(10)6-11(13)14/h4-5H,1-3,6H2,(H2,13,14). The van der Waals surface area contributed by atoms with E-state index in [1.54, 1.807) is 0 Å². The van der Waals surface area contributed by atoms with Crippen molar-refractivity contribution < 1.29 is 4.79 Å². The third kappa shape index (κ3) is 1.69. The number of amides is 1. The van der Waals surface area contributed by atoms with Crippen molar-refractivity contribution in [1.29, 1.82) is 0 Å². The van der Waals surface area contributed by atoms with Crippen molar-refractivity contribution >= 4 is 21.8 Å². The summed E-state index contributed by atoms with van der Waals surface area (Å²) in [5.41, 5.74) is 9.03. The van der Waals surface area contributed by atoms with Crippen LogP contribution in [0.1, 0.15) is 23.1 Å². The summed E-state index contributed by atoms with van der Waals surface area (Å²) in [6.45, 7) is 0. The summed E-state index contributed by atoms with van der Waals surface area (Å²) >= 11 is 3.47. The van der Waals surface area contributed by atoms with E-state index < -0.39 is 0 Å². The molecule has 0 aliphatic heterocycles. The largest absolute Gasteiger partial charge is 0.369 e. The molecule has 0 heterocycles. The van der Waals surface area contributed by atoms with E-state index in [1.807, 2.05) is 6.07 Å². The molecule has 1 aliphatic rings. The Labute approximate surface area is 91.6 Å². The van der Waals surface area contributed by atoms with Crippen molar-refractivity contribution in [2.24, 2.45) is 5.73 Å². The lowest BCUT2D eigenvalue weighted by molar-refractivity contribution is -0.117. The summed E-state index contributed by atoms with van der Waals surface area (Å²) in [6.07, 6.45) is 3.76. The second-order valence-corrected chi connectivity index (χ2v) is 4.51. The molecule has 1 aliphatic carbocycles. The van der Waals surface area contributed by atoms with E-state index in [2.05, 4.69) is 22.0 Å². The third-order valence-corrected chi connectivity index (χ3v) is 3.44. The van der Waals surface area contributed by atoms with Gasteiger partial charge in [0, 0.05) is 4.47 Å². The molecule has 1 aromatic rings. The number of rotatable bonds is 2. The third-order valence-electron chi connectivity index (χ3n) is 2.69. The van der Waals surface area contributed by atoms with Crippen LogP contribution in [0.5, 0.6) is 0 Å². The van der Waals surface area contributed by atoms with E-state index in [9.17, 15) is 4.79 Å². The minimum Gasteiger partial charge on any atom is -0.369 e. The number of halogens is 1. The molecule has 0 saturated carbocycles. The number of hydrogen-bond acceptors (Lipinski definition) is 1. The number of carbonyl (C=O) groups excluding carboxylic acids is 1. The van der Waals surface area contributed by atoms with Crippen molar-refractivity contribution in [3.8, 4) is 0 Å². The lowest BCUT2D eigenvalue weighted by Gasteiger charge is -2.08. The molecule has 0 fully saturated rings. The lowest BCUT2D eigenvalue weighted by Crippen LogP contribution is -2.15. The van der Waals surface area contributed by atoms with Crippen LogP contribution in [-0.2, 0) is 24.1 Å². The molecule has 2 N–H and O–H groups in total. The number of aryl methyl sites for hydroxylation is 1. The minimum absolute atomic E-state index is 0.258. The average Bonchev–Trinajstić information content (AvgIpc) is 2.57. The zero-order valence-electron chi connectivity index (χ0n) is 7.85. The second kappa shape index (κ2) is 3.73. The van der Waals surface area contributed by atoms with E-state index in [0.29, 0.717) is 6.42 Å². The molecule has 14 heavy (non-hydrogen) atoms. The van der Waals surface area contributed by atoms with E-state index in [1.165, 1.54) is 17.5 Å². The molecule has 3 heteroatoms. The first-order chi connectivity index (χ1) is 6.68. The Kier molecular flexibility index (Phi) is 2.59. The van der Waals surface area contributed by atoms with E-state index in [4.69, 9.17) is 5.73 Å². The first kappa shape index (κ1) is 9.71. The smallest absolute Gasteiger partial charge is 0.221 e. The molecule has 0 saturated heterocycles. The Balaban J connectivity index is 2.46. The Morgan fingerprint density at radius 2 is 2.21 bits per heavy atom. The van der Waals surface area contributed by atoms with Crippen LogP contribution in [0.15, 0.2) is 16.6 Å². The fourth-order valence-corrected chi connectivity index (χ4v) is 2.59. The van der Waals surface area contributed by atoms with Crippen molar-refractivity contribution in [2.75, 3.05) is 0 Å². The molecule has 1 amide bonds. The van der Waals surface area contributed by atoms with Crippen LogP contribution in [0.3, 0.4) is 0 Å². The van der Waals surface area contributed by atoms with Crippen LogP contribution in [0, 0.1) is 0 Å². The molecule has 0 atom stereocenters. The van der Waals surface area contributed by atoms with Gasteiger partial charge in [-0.25, -0.2) is 0 Å². The Bertz CT molecular complexity index is 387. The van der Waals surface area contributed by atoms with Gasteiger partial charge in [0.15, 0.2) is 0 Å². The summed E-state index contributed by atoms with van der Waals surface area (Å²) < 4.78 is 1.01. The number of hydrogen-bond donors (Lipinski definition) is 1. The summed E-state index contributed by atoms with van der Waals surface area (Å²) in [7, 11) is 0. The predicted molar refractivity (Wildman–Crippen MR) is 59.1 cm³/mol. The summed E-state index contributed by atoms with van der Waals surface area (Å²) in [5, 5.41) is 0. The summed E-state index contributed by atoms with van der Waals surface area (Å²) in [6, 6.07) is 4.15. The first-order valence-corrected chi connectivity index (χ1v) is 5.55.